The van der Waals surface area contributed by atoms with Gasteiger partial charge in [0, 0.05) is 30.3 Å². The number of rotatable bonds is 1. The highest BCUT2D eigenvalue weighted by Gasteiger charge is 1.80. The van der Waals surface area contributed by atoms with Gasteiger partial charge in [-0.15, -0.1) is 11.6 Å². The van der Waals surface area contributed by atoms with Gasteiger partial charge in [0.2, 0.25) is 0 Å². The summed E-state index contributed by atoms with van der Waals surface area (Å²) < 4.78 is 0. The maximum Gasteiger partial charge on any atom is 0.0333 e. The Morgan fingerprint density at radius 3 is 2.73 bits per heavy atom. The van der Waals surface area contributed by atoms with Crippen molar-refractivity contribution in [1.82, 2.24) is 4.98 Å². The summed E-state index contributed by atoms with van der Waals surface area (Å²) in [6.07, 6.45) is 4.19. The zero-order chi connectivity index (χ0) is 7.94. The molecule has 1 heterocycles. The van der Waals surface area contributed by atoms with Gasteiger partial charge in [-0.3, -0.25) is 4.98 Å². The van der Waals surface area contributed by atoms with Crippen LogP contribution in [-0.4, -0.2) is 10.9 Å². The largest absolute Gasteiger partial charge is 0.265 e. The average Bonchev–Trinajstić information content (AvgIpc) is 2.07. The van der Waals surface area contributed by atoms with Crippen LogP contribution in [0, 0.1) is 11.8 Å². The third-order valence-corrected chi connectivity index (χ3v) is 1.32. The number of halogens is 1. The average molecular weight is 166 g/mol. The molecule has 0 fully saturated rings. The fraction of sp³-hybridized carbons (Fsp3) is 0.222. The van der Waals surface area contributed by atoms with Crippen molar-refractivity contribution >= 4 is 11.6 Å². The van der Waals surface area contributed by atoms with Gasteiger partial charge in [0.1, 0.15) is 0 Å². The van der Waals surface area contributed by atoms with Crippen LogP contribution in [0.4, 0.5) is 0 Å². The van der Waals surface area contributed by atoms with E-state index in [9.17, 15) is 0 Å². The van der Waals surface area contributed by atoms with Gasteiger partial charge >= 0.3 is 0 Å². The lowest BCUT2D eigenvalue weighted by molar-refractivity contribution is 1.28. The summed E-state index contributed by atoms with van der Waals surface area (Å²) >= 11 is 5.45. The molecule has 56 valence electrons. The van der Waals surface area contributed by atoms with Gasteiger partial charge in [-0.25, -0.2) is 0 Å². The van der Waals surface area contributed by atoms with Crippen LogP contribution in [0.2, 0.25) is 0 Å². The van der Waals surface area contributed by atoms with E-state index in [1.807, 2.05) is 12.1 Å². The van der Waals surface area contributed by atoms with Crippen molar-refractivity contribution in [3.8, 4) is 11.8 Å². The molecular formula is C9H8ClN. The van der Waals surface area contributed by atoms with E-state index in [4.69, 9.17) is 11.6 Å². The van der Waals surface area contributed by atoms with E-state index in [1.165, 1.54) is 0 Å². The van der Waals surface area contributed by atoms with Gasteiger partial charge in [-0.2, -0.15) is 0 Å². The minimum atomic E-state index is 0.595. The molecule has 1 rings (SSSR count). The maximum absolute atomic E-state index is 5.45. The minimum absolute atomic E-state index is 0.595. The van der Waals surface area contributed by atoms with Crippen LogP contribution in [0.25, 0.3) is 0 Å². The molecule has 1 nitrogen and oxygen atoms in total. The number of aromatic nitrogens is 1. The maximum atomic E-state index is 5.45. The second kappa shape index (κ2) is 4.76. The van der Waals surface area contributed by atoms with Gasteiger partial charge in [0.25, 0.3) is 0 Å². The Morgan fingerprint density at radius 2 is 2.09 bits per heavy atom. The van der Waals surface area contributed by atoms with E-state index in [0.29, 0.717) is 5.88 Å². The van der Waals surface area contributed by atoms with Crippen LogP contribution in [0.1, 0.15) is 12.0 Å². The van der Waals surface area contributed by atoms with Crippen molar-refractivity contribution in [2.24, 2.45) is 0 Å². The van der Waals surface area contributed by atoms with Crippen LogP contribution < -0.4 is 0 Å². The number of hydrogen-bond donors (Lipinski definition) is 0. The Balaban J connectivity index is 2.59. The number of hydrogen-bond acceptors (Lipinski definition) is 1. The molecule has 11 heavy (non-hydrogen) atoms. The molecule has 0 spiro atoms. The zero-order valence-electron chi connectivity index (χ0n) is 6.05. The number of pyridine rings is 1. The Morgan fingerprint density at radius 1 is 1.36 bits per heavy atom. The molecule has 0 unspecified atom stereocenters. The van der Waals surface area contributed by atoms with Crippen molar-refractivity contribution in [3.05, 3.63) is 30.1 Å². The minimum Gasteiger partial charge on any atom is -0.265 e. The molecule has 0 aliphatic rings. The van der Waals surface area contributed by atoms with E-state index < -0.39 is 0 Å². The molecule has 2 heteroatoms. The normalized spacial score (nSPS) is 8.45. The molecule has 0 amide bonds. The van der Waals surface area contributed by atoms with Crippen molar-refractivity contribution in [3.63, 3.8) is 0 Å². The molecule has 0 saturated carbocycles. The third-order valence-electron chi connectivity index (χ3n) is 1.13. The fourth-order valence-electron chi connectivity index (χ4n) is 0.647. The Hall–Kier alpha value is -1.00. The van der Waals surface area contributed by atoms with Crippen LogP contribution in [0.15, 0.2) is 24.5 Å². The van der Waals surface area contributed by atoms with Crippen molar-refractivity contribution in [2.45, 2.75) is 6.42 Å². The molecule has 0 N–H and O–H groups in total. The molecule has 1 aromatic rings. The second-order valence-corrected chi connectivity index (χ2v) is 2.35. The summed E-state index contributed by atoms with van der Waals surface area (Å²) in [7, 11) is 0. The molecule has 1 aromatic heterocycles. The van der Waals surface area contributed by atoms with Gasteiger partial charge in [-0.05, 0) is 12.1 Å². The lowest BCUT2D eigenvalue weighted by Gasteiger charge is -1.84. The first-order valence-corrected chi connectivity index (χ1v) is 3.92. The standard InChI is InChI=1S/C9H8ClN/c10-6-2-1-3-9-4-7-11-8-5-9/h4-5,7-8H,2,6H2. The summed E-state index contributed by atoms with van der Waals surface area (Å²) in [5, 5.41) is 0. The summed E-state index contributed by atoms with van der Waals surface area (Å²) in [4.78, 5) is 3.88. The van der Waals surface area contributed by atoms with Crippen LogP contribution >= 0.6 is 11.6 Å². The Bertz CT molecular complexity index is 258. The molecule has 0 radical (unpaired) electrons. The lowest BCUT2D eigenvalue weighted by Crippen LogP contribution is -1.74. The van der Waals surface area contributed by atoms with Crippen molar-refractivity contribution < 1.29 is 0 Å². The Labute approximate surface area is 71.4 Å². The van der Waals surface area contributed by atoms with E-state index in [-0.39, 0.29) is 0 Å². The van der Waals surface area contributed by atoms with E-state index in [2.05, 4.69) is 16.8 Å². The van der Waals surface area contributed by atoms with Crippen molar-refractivity contribution in [1.29, 1.82) is 0 Å². The fourth-order valence-corrected chi connectivity index (χ4v) is 0.742. The highest BCUT2D eigenvalue weighted by Crippen LogP contribution is 1.92. The van der Waals surface area contributed by atoms with Crippen molar-refractivity contribution in [2.75, 3.05) is 5.88 Å². The summed E-state index contributed by atoms with van der Waals surface area (Å²) in [6.45, 7) is 0. The summed E-state index contributed by atoms with van der Waals surface area (Å²) in [5.41, 5.74) is 0.991. The predicted octanol–water partition coefficient (Wildman–Crippen LogP) is 2.06. The van der Waals surface area contributed by atoms with E-state index in [0.717, 1.165) is 12.0 Å². The first-order valence-electron chi connectivity index (χ1n) is 3.38. The summed E-state index contributed by atoms with van der Waals surface area (Å²) in [6, 6.07) is 3.75. The van der Waals surface area contributed by atoms with Crippen LogP contribution in [0.5, 0.6) is 0 Å². The van der Waals surface area contributed by atoms with Gasteiger partial charge in [0.15, 0.2) is 0 Å². The quantitative estimate of drug-likeness (QED) is 0.459. The second-order valence-electron chi connectivity index (χ2n) is 1.98. The number of alkyl halides is 1. The molecule has 0 aromatic carbocycles. The first-order chi connectivity index (χ1) is 5.43. The SMILES string of the molecule is ClCCC#Cc1ccncc1. The summed E-state index contributed by atoms with van der Waals surface area (Å²) in [5.74, 6) is 6.51. The van der Waals surface area contributed by atoms with Gasteiger partial charge in [-0.1, -0.05) is 11.8 Å². The molecule has 0 aliphatic carbocycles. The monoisotopic (exact) mass is 165 g/mol. The molecular weight excluding hydrogens is 158 g/mol. The van der Waals surface area contributed by atoms with E-state index in [1.54, 1.807) is 12.4 Å². The zero-order valence-corrected chi connectivity index (χ0v) is 6.80. The number of nitrogens with zero attached hydrogens (tertiary/aromatic N) is 1. The first kappa shape index (κ1) is 8.10. The third kappa shape index (κ3) is 3.06. The molecule has 0 saturated heterocycles. The van der Waals surface area contributed by atoms with Crippen LogP contribution in [0.3, 0.4) is 0 Å². The molecule has 0 bridgehead atoms. The Kier molecular flexibility index (Phi) is 3.51. The topological polar surface area (TPSA) is 12.9 Å². The smallest absolute Gasteiger partial charge is 0.0333 e. The van der Waals surface area contributed by atoms with Gasteiger partial charge < -0.3 is 0 Å². The highest BCUT2D eigenvalue weighted by molar-refractivity contribution is 6.18. The van der Waals surface area contributed by atoms with E-state index >= 15 is 0 Å². The predicted molar refractivity (Wildman–Crippen MR) is 46.5 cm³/mol. The van der Waals surface area contributed by atoms with Gasteiger partial charge in [0.05, 0.1) is 0 Å². The highest BCUT2D eigenvalue weighted by atomic mass is 35.5. The molecule has 0 atom stereocenters. The molecule has 0 aliphatic heterocycles. The van der Waals surface area contributed by atoms with Crippen LogP contribution in [-0.2, 0) is 0 Å². The lowest BCUT2D eigenvalue weighted by atomic mass is 10.3.